The monoisotopic (exact) mass is 486 g/mol. The maximum Gasteiger partial charge on any atom is 0.335 e. The molecule has 0 radical (unpaired) electrons. The zero-order chi connectivity index (χ0) is 22.5. The summed E-state index contributed by atoms with van der Waals surface area (Å²) in [5.41, 5.74) is 1.55. The molecule has 8 heteroatoms. The molecule has 0 bridgehead atoms. The Bertz CT molecular complexity index is 1060. The van der Waals surface area contributed by atoms with E-state index in [1.165, 1.54) is 6.08 Å². The fraction of sp³-hybridized carbons (Fsp3) is 0.261. The van der Waals surface area contributed by atoms with Gasteiger partial charge in [-0.15, -0.1) is 0 Å². The van der Waals surface area contributed by atoms with Crippen molar-refractivity contribution in [2.75, 3.05) is 18.1 Å². The van der Waals surface area contributed by atoms with Crippen molar-refractivity contribution in [1.82, 2.24) is 5.32 Å². The van der Waals surface area contributed by atoms with Gasteiger partial charge in [0, 0.05) is 0 Å². The zero-order valence-electron chi connectivity index (χ0n) is 17.5. The van der Waals surface area contributed by atoms with Crippen molar-refractivity contribution >= 4 is 45.5 Å². The molecule has 1 aliphatic rings. The Morgan fingerprint density at radius 1 is 1.10 bits per heavy atom. The molecule has 0 atom stereocenters. The Morgan fingerprint density at radius 3 is 2.52 bits per heavy atom. The fourth-order valence-corrected chi connectivity index (χ4v) is 3.71. The molecular formula is C23H23BrN2O5. The number of carbonyl (C=O) groups excluding carboxylic acids is 3. The van der Waals surface area contributed by atoms with E-state index in [9.17, 15) is 14.4 Å². The largest absolute Gasteiger partial charge is 0.490 e. The number of aryl methyl sites for hydroxylation is 1. The molecule has 0 aliphatic carbocycles. The van der Waals surface area contributed by atoms with Gasteiger partial charge < -0.3 is 9.47 Å². The molecular weight excluding hydrogens is 464 g/mol. The molecule has 1 aliphatic heterocycles. The van der Waals surface area contributed by atoms with Crippen molar-refractivity contribution in [2.24, 2.45) is 0 Å². The van der Waals surface area contributed by atoms with E-state index in [0.717, 1.165) is 16.9 Å². The van der Waals surface area contributed by atoms with Crippen molar-refractivity contribution in [3.05, 3.63) is 57.6 Å². The molecule has 0 aromatic heterocycles. The predicted molar refractivity (Wildman–Crippen MR) is 121 cm³/mol. The van der Waals surface area contributed by atoms with Gasteiger partial charge >= 0.3 is 6.03 Å². The van der Waals surface area contributed by atoms with Crippen LogP contribution in [0.3, 0.4) is 0 Å². The summed E-state index contributed by atoms with van der Waals surface area (Å²) in [6.07, 6.45) is 2.27. The van der Waals surface area contributed by atoms with Gasteiger partial charge in [-0.25, -0.2) is 9.69 Å². The van der Waals surface area contributed by atoms with Crippen LogP contribution in [0, 0.1) is 6.92 Å². The van der Waals surface area contributed by atoms with Gasteiger partial charge in [-0.05, 0) is 71.6 Å². The molecule has 1 fully saturated rings. The summed E-state index contributed by atoms with van der Waals surface area (Å²) < 4.78 is 12.1. The van der Waals surface area contributed by atoms with Gasteiger partial charge in [0.1, 0.15) is 5.57 Å². The van der Waals surface area contributed by atoms with Gasteiger partial charge in [0.25, 0.3) is 11.8 Å². The number of urea groups is 1. The third kappa shape index (κ3) is 4.80. The number of rotatable bonds is 7. The van der Waals surface area contributed by atoms with E-state index in [0.29, 0.717) is 40.4 Å². The quantitative estimate of drug-likeness (QED) is 0.456. The highest BCUT2D eigenvalue weighted by atomic mass is 79.9. The highest BCUT2D eigenvalue weighted by molar-refractivity contribution is 9.10. The number of nitrogens with one attached hydrogen (secondary N) is 1. The van der Waals surface area contributed by atoms with E-state index in [2.05, 4.69) is 21.2 Å². The molecule has 1 N–H and O–H groups in total. The number of para-hydroxylation sites is 1. The first kappa shape index (κ1) is 22.6. The lowest BCUT2D eigenvalue weighted by Gasteiger charge is -2.27. The Kier molecular flexibility index (Phi) is 7.12. The van der Waals surface area contributed by atoms with E-state index in [-0.39, 0.29) is 5.57 Å². The Balaban J connectivity index is 2.03. The second-order valence-corrected chi connectivity index (χ2v) is 7.71. The van der Waals surface area contributed by atoms with Crippen LogP contribution in [0.2, 0.25) is 0 Å². The normalized spacial score (nSPS) is 15.3. The number of benzene rings is 2. The molecule has 2 aromatic rings. The number of hydrogen-bond acceptors (Lipinski definition) is 5. The second kappa shape index (κ2) is 9.78. The number of ether oxygens (including phenoxy) is 2. The van der Waals surface area contributed by atoms with Crippen molar-refractivity contribution in [3.8, 4) is 11.5 Å². The molecule has 1 heterocycles. The van der Waals surface area contributed by atoms with Crippen LogP contribution in [-0.2, 0) is 9.59 Å². The van der Waals surface area contributed by atoms with Crippen LogP contribution in [0.4, 0.5) is 10.5 Å². The molecule has 31 heavy (non-hydrogen) atoms. The number of hydrogen-bond donors (Lipinski definition) is 1. The summed E-state index contributed by atoms with van der Waals surface area (Å²) in [5, 5.41) is 2.24. The first-order valence-electron chi connectivity index (χ1n) is 9.93. The smallest absolute Gasteiger partial charge is 0.335 e. The maximum atomic E-state index is 13.1. The molecule has 3 rings (SSSR count). The summed E-state index contributed by atoms with van der Waals surface area (Å²) >= 11 is 3.48. The number of nitrogens with zero attached hydrogens (tertiary/aromatic N) is 1. The van der Waals surface area contributed by atoms with Crippen LogP contribution in [0.1, 0.15) is 31.4 Å². The Hall–Kier alpha value is -3.13. The van der Waals surface area contributed by atoms with Gasteiger partial charge in [0.05, 0.1) is 23.4 Å². The highest BCUT2D eigenvalue weighted by Crippen LogP contribution is 2.38. The highest BCUT2D eigenvalue weighted by Gasteiger charge is 2.37. The molecule has 7 nitrogen and oxygen atoms in total. The van der Waals surface area contributed by atoms with Crippen LogP contribution in [0.5, 0.6) is 11.5 Å². The average Bonchev–Trinajstić information content (AvgIpc) is 2.72. The maximum absolute atomic E-state index is 13.1. The number of halogens is 1. The zero-order valence-corrected chi connectivity index (χ0v) is 19.1. The van der Waals surface area contributed by atoms with Crippen LogP contribution < -0.4 is 19.7 Å². The lowest BCUT2D eigenvalue weighted by Crippen LogP contribution is -2.54. The summed E-state index contributed by atoms with van der Waals surface area (Å²) in [5.74, 6) is -0.390. The van der Waals surface area contributed by atoms with E-state index in [1.54, 1.807) is 37.3 Å². The summed E-state index contributed by atoms with van der Waals surface area (Å²) in [4.78, 5) is 39.0. The van der Waals surface area contributed by atoms with Crippen molar-refractivity contribution < 1.29 is 23.9 Å². The minimum absolute atomic E-state index is 0.153. The first-order chi connectivity index (χ1) is 14.9. The van der Waals surface area contributed by atoms with Crippen LogP contribution in [-0.4, -0.2) is 31.1 Å². The topological polar surface area (TPSA) is 84.9 Å². The van der Waals surface area contributed by atoms with Crippen LogP contribution in [0.15, 0.2) is 46.4 Å². The van der Waals surface area contributed by atoms with E-state index in [1.807, 2.05) is 19.9 Å². The number of imide groups is 2. The lowest BCUT2D eigenvalue weighted by molar-refractivity contribution is -0.122. The fourth-order valence-electron chi connectivity index (χ4n) is 3.14. The van der Waals surface area contributed by atoms with Gasteiger partial charge in [-0.3, -0.25) is 14.9 Å². The lowest BCUT2D eigenvalue weighted by atomic mass is 10.1. The van der Waals surface area contributed by atoms with Crippen molar-refractivity contribution in [1.29, 1.82) is 0 Å². The molecule has 4 amide bonds. The second-order valence-electron chi connectivity index (χ2n) is 6.86. The SMILES string of the molecule is CCCOc1c(Br)cc(/C=C2\C(=O)NC(=O)N(c3ccccc3C)C2=O)cc1OCC. The van der Waals surface area contributed by atoms with E-state index >= 15 is 0 Å². The molecule has 1 saturated heterocycles. The summed E-state index contributed by atoms with van der Waals surface area (Å²) in [6.45, 7) is 6.59. The van der Waals surface area contributed by atoms with Gasteiger partial charge in [-0.2, -0.15) is 0 Å². The van der Waals surface area contributed by atoms with E-state index in [4.69, 9.17) is 9.47 Å². The summed E-state index contributed by atoms with van der Waals surface area (Å²) in [7, 11) is 0. The van der Waals surface area contributed by atoms with Gasteiger partial charge in [0.2, 0.25) is 0 Å². The predicted octanol–water partition coefficient (Wildman–Crippen LogP) is 4.61. The standard InChI is InChI=1S/C23H23BrN2O5/c1-4-10-31-20-17(24)12-15(13-19(20)30-5-2)11-16-21(27)25-23(29)26(22(16)28)18-9-7-6-8-14(18)3/h6-9,11-13H,4-5,10H2,1-3H3,(H,25,27,29)/b16-11+. The third-order valence-electron chi connectivity index (χ3n) is 4.55. The molecule has 0 saturated carbocycles. The summed E-state index contributed by atoms with van der Waals surface area (Å²) in [6, 6.07) is 9.63. The van der Waals surface area contributed by atoms with Crippen molar-refractivity contribution in [3.63, 3.8) is 0 Å². The number of amides is 4. The number of carbonyl (C=O) groups is 3. The first-order valence-corrected chi connectivity index (χ1v) is 10.7. The molecule has 0 spiro atoms. The number of anilines is 1. The van der Waals surface area contributed by atoms with Crippen LogP contribution >= 0.6 is 15.9 Å². The molecule has 0 unspecified atom stereocenters. The number of barbiturate groups is 1. The van der Waals surface area contributed by atoms with Gasteiger partial charge in [0.15, 0.2) is 11.5 Å². The van der Waals surface area contributed by atoms with Gasteiger partial charge in [-0.1, -0.05) is 25.1 Å². The minimum atomic E-state index is -0.777. The Morgan fingerprint density at radius 2 is 1.84 bits per heavy atom. The Labute approximate surface area is 189 Å². The third-order valence-corrected chi connectivity index (χ3v) is 5.14. The van der Waals surface area contributed by atoms with Crippen molar-refractivity contribution in [2.45, 2.75) is 27.2 Å². The van der Waals surface area contributed by atoms with E-state index < -0.39 is 17.8 Å². The molecule has 2 aromatic carbocycles. The van der Waals surface area contributed by atoms with Crippen LogP contribution in [0.25, 0.3) is 6.08 Å². The average molecular weight is 487 g/mol. The minimum Gasteiger partial charge on any atom is -0.490 e. The molecule has 162 valence electrons.